The molecule has 0 heterocycles. The lowest BCUT2D eigenvalue weighted by Gasteiger charge is -2.30. The van der Waals surface area contributed by atoms with Crippen molar-refractivity contribution in [2.45, 2.75) is 77.0 Å². The van der Waals surface area contributed by atoms with Crippen molar-refractivity contribution in [2.75, 3.05) is 14.7 Å². The number of fused-ring (bicyclic) bond motifs is 12. The molecule has 620 valence electrons. The summed E-state index contributed by atoms with van der Waals surface area (Å²) in [4.78, 5) is 7.19. The van der Waals surface area contributed by atoms with Gasteiger partial charge in [-0.15, -0.1) is 0 Å². The number of anilines is 9. The second kappa shape index (κ2) is 33.2. The van der Waals surface area contributed by atoms with Crippen molar-refractivity contribution in [1.82, 2.24) is 0 Å². The Morgan fingerprint density at radius 1 is 0.124 bits per heavy atom. The summed E-state index contributed by atoms with van der Waals surface area (Å²) in [7, 11) is 0. The van der Waals surface area contributed by atoms with Crippen LogP contribution in [0.3, 0.4) is 0 Å². The molecule has 129 heavy (non-hydrogen) atoms. The summed E-state index contributed by atoms with van der Waals surface area (Å²) in [5, 5.41) is 0. The molecule has 4 aliphatic rings. The summed E-state index contributed by atoms with van der Waals surface area (Å²) in [5.41, 5.74) is 46.6. The average Bonchev–Trinajstić information content (AvgIpc) is 1.59. The highest BCUT2D eigenvalue weighted by Gasteiger charge is 2.40. The third-order valence-corrected chi connectivity index (χ3v) is 27.7. The van der Waals surface area contributed by atoms with Crippen molar-refractivity contribution in [3.05, 3.63) is 512 Å². The van der Waals surface area contributed by atoms with Gasteiger partial charge in [-0.3, -0.25) is 0 Å². The van der Waals surface area contributed by atoms with Crippen LogP contribution in [0.5, 0.6) is 0 Å². The van der Waals surface area contributed by atoms with E-state index in [4.69, 9.17) is 0 Å². The highest BCUT2D eigenvalue weighted by atomic mass is 15.2. The fourth-order valence-electron chi connectivity index (χ4n) is 20.8. The molecular weight excluding hydrogens is 1560 g/mol. The van der Waals surface area contributed by atoms with Gasteiger partial charge >= 0.3 is 0 Å². The number of para-hydroxylation sites is 1. The van der Waals surface area contributed by atoms with Crippen LogP contribution in [0.1, 0.15) is 99.9 Å². The van der Waals surface area contributed by atoms with Gasteiger partial charge in [-0.05, 0) is 265 Å². The molecule has 0 aromatic heterocycles. The zero-order chi connectivity index (χ0) is 87.5. The van der Waals surface area contributed by atoms with Gasteiger partial charge in [0.1, 0.15) is 0 Å². The Bertz CT molecular complexity index is 7150. The normalized spacial score (nSPS) is 13.5. The van der Waals surface area contributed by atoms with Crippen LogP contribution in [0, 0.1) is 0 Å². The van der Waals surface area contributed by atoms with Crippen molar-refractivity contribution < 1.29 is 0 Å². The fraction of sp³-hybridized carbons (Fsp3) is 0.0952. The maximum atomic E-state index is 2.44. The van der Waals surface area contributed by atoms with Gasteiger partial charge in [0.05, 0.1) is 5.69 Å². The van der Waals surface area contributed by atoms with E-state index in [0.717, 1.165) is 34.1 Å². The Morgan fingerprint density at radius 2 is 0.326 bits per heavy atom. The average molecular weight is 1660 g/mol. The maximum absolute atomic E-state index is 2.44. The summed E-state index contributed by atoms with van der Waals surface area (Å²) in [6, 6.07) is 170. The summed E-state index contributed by atoms with van der Waals surface area (Å²) in [6.45, 7) is 18.8. The van der Waals surface area contributed by atoms with Gasteiger partial charge in [0.15, 0.2) is 0 Å². The van der Waals surface area contributed by atoms with E-state index in [2.05, 4.69) is 537 Å². The first-order valence-electron chi connectivity index (χ1n) is 45.3. The molecule has 0 bridgehead atoms. The largest absolute Gasteiger partial charge is 0.310 e. The molecule has 0 atom stereocenters. The summed E-state index contributed by atoms with van der Waals surface area (Å²) in [5.74, 6) is 0. The molecule has 0 saturated heterocycles. The van der Waals surface area contributed by atoms with Gasteiger partial charge in [-0.25, -0.2) is 0 Å². The molecule has 0 N–H and O–H groups in total. The lowest BCUT2D eigenvalue weighted by molar-refractivity contribution is 0.660. The molecule has 0 spiro atoms. The van der Waals surface area contributed by atoms with Crippen LogP contribution >= 0.6 is 0 Å². The zero-order valence-electron chi connectivity index (χ0n) is 74.3. The minimum absolute atomic E-state index is 0.0221. The number of hydrogen-bond acceptors (Lipinski definition) is 3. The van der Waals surface area contributed by atoms with E-state index in [1.807, 2.05) is 0 Å². The summed E-state index contributed by atoms with van der Waals surface area (Å²) >= 11 is 0. The van der Waals surface area contributed by atoms with Crippen LogP contribution in [0.4, 0.5) is 51.2 Å². The van der Waals surface area contributed by atoms with Gasteiger partial charge in [0, 0.05) is 72.7 Å². The number of hydrogen-bond donors (Lipinski definition) is 0. The first-order valence-corrected chi connectivity index (χ1v) is 45.3. The van der Waals surface area contributed by atoms with Crippen LogP contribution in [-0.4, -0.2) is 0 Å². The number of benzene rings is 19. The smallest absolute Gasteiger partial charge is 0.0540 e. The molecule has 19 aromatic carbocycles. The summed E-state index contributed by atoms with van der Waals surface area (Å²) < 4.78 is 0. The predicted octanol–water partition coefficient (Wildman–Crippen LogP) is 34.7. The Hall–Kier alpha value is -15.4. The monoisotopic (exact) mass is 1660 g/mol. The van der Waals surface area contributed by atoms with Crippen molar-refractivity contribution in [3.63, 3.8) is 0 Å². The standard InChI is InChI=1S/C45H35N.C42H35N.C39H31N/c1-45(2)42-21-13-12-20-39(42)40-28-24-36(31-43(40)45)33-22-26-38(27-23-33)46(37-18-10-5-11-19-37)44-29-25-35(32-14-6-3-7-15-32)30-41(44)34-16-8-4-9-17-34;1-41(2)37-16-10-8-14-33(37)35-24-22-31(26-39(35)41)43(30-20-18-29(19-21-30)28-12-6-5-7-13-28)32-23-25-36-34-15-9-11-17-38(34)42(3,4)40(36)27-32;1-39(2)37-16-10-9-15-35(37)36-26-25-34(27-38(36)39)40(32-21-17-30(18-22-32)28-11-5-3-6-12-28)33-23-19-31(20-24-33)29-13-7-4-8-14-29/h3-31H,1-2H3;5-27H,1-4H3;3-27H,1-2H3. The highest BCUT2D eigenvalue weighted by Crippen LogP contribution is 2.57. The zero-order valence-corrected chi connectivity index (χ0v) is 74.3. The summed E-state index contributed by atoms with van der Waals surface area (Å²) in [6.07, 6.45) is 0. The van der Waals surface area contributed by atoms with Crippen molar-refractivity contribution in [1.29, 1.82) is 0 Å². The van der Waals surface area contributed by atoms with Gasteiger partial charge in [0.25, 0.3) is 0 Å². The SMILES string of the molecule is CC1(C)c2ccccc2-c2ccc(-c3ccc(N(c4ccccc4)c4ccc(-c5ccccc5)cc4-c4ccccc4)cc3)cc21.CC1(C)c2ccccc2-c2ccc(N(c3ccc(-c4ccccc4)cc3)c3ccc(-c4ccccc4)cc3)cc21.CC1(C)c2ccccc2-c2ccc(N(c3ccc(-c4ccccc4)cc3)c3ccc4c(c3)C(C)(C)c3ccccc3-4)cc21. The van der Waals surface area contributed by atoms with Gasteiger partial charge in [-0.1, -0.05) is 407 Å². The van der Waals surface area contributed by atoms with Crippen LogP contribution < -0.4 is 14.7 Å². The van der Waals surface area contributed by atoms with Gasteiger partial charge in [0.2, 0.25) is 0 Å². The molecule has 19 aromatic rings. The minimum atomic E-state index is -0.0632. The Kier molecular flexibility index (Phi) is 20.7. The van der Waals surface area contributed by atoms with E-state index >= 15 is 0 Å². The lowest BCUT2D eigenvalue weighted by atomic mass is 9.81. The Labute approximate surface area is 760 Å². The molecule has 0 radical (unpaired) electrons. The van der Waals surface area contributed by atoms with Crippen LogP contribution in [0.25, 0.3) is 111 Å². The minimum Gasteiger partial charge on any atom is -0.310 e. The number of rotatable bonds is 15. The van der Waals surface area contributed by atoms with Crippen molar-refractivity contribution in [2.24, 2.45) is 0 Å². The van der Waals surface area contributed by atoms with Crippen LogP contribution in [0.2, 0.25) is 0 Å². The van der Waals surface area contributed by atoms with E-state index in [0.29, 0.717) is 0 Å². The van der Waals surface area contributed by atoms with Crippen molar-refractivity contribution >= 4 is 51.2 Å². The van der Waals surface area contributed by atoms with E-state index in [1.54, 1.807) is 0 Å². The quantitative estimate of drug-likeness (QED) is 0.101. The first kappa shape index (κ1) is 80.7. The maximum Gasteiger partial charge on any atom is 0.0540 e. The van der Waals surface area contributed by atoms with Crippen LogP contribution in [0.15, 0.2) is 467 Å². The van der Waals surface area contributed by atoms with E-state index in [1.165, 1.54) is 173 Å². The first-order chi connectivity index (χ1) is 63.0. The molecule has 4 aliphatic carbocycles. The molecule has 0 fully saturated rings. The Balaban J connectivity index is 0.000000118. The van der Waals surface area contributed by atoms with E-state index < -0.39 is 0 Å². The molecule has 0 saturated carbocycles. The molecule has 3 nitrogen and oxygen atoms in total. The van der Waals surface area contributed by atoms with Crippen molar-refractivity contribution in [3.8, 4) is 111 Å². The third-order valence-electron chi connectivity index (χ3n) is 27.7. The topological polar surface area (TPSA) is 9.72 Å². The predicted molar refractivity (Wildman–Crippen MR) is 546 cm³/mol. The second-order valence-corrected chi connectivity index (χ2v) is 36.7. The van der Waals surface area contributed by atoms with E-state index in [-0.39, 0.29) is 21.7 Å². The van der Waals surface area contributed by atoms with Gasteiger partial charge in [-0.2, -0.15) is 0 Å². The Morgan fingerprint density at radius 3 is 0.659 bits per heavy atom. The van der Waals surface area contributed by atoms with E-state index in [9.17, 15) is 0 Å². The van der Waals surface area contributed by atoms with Crippen LogP contribution in [-0.2, 0) is 21.7 Å². The molecule has 23 rings (SSSR count). The number of nitrogens with zero attached hydrogens (tertiary/aromatic N) is 3. The lowest BCUT2D eigenvalue weighted by Crippen LogP contribution is -2.18. The molecule has 0 aliphatic heterocycles. The second-order valence-electron chi connectivity index (χ2n) is 36.7. The third kappa shape index (κ3) is 14.7. The molecule has 3 heteroatoms. The fourth-order valence-corrected chi connectivity index (χ4v) is 20.8. The molecule has 0 amide bonds. The van der Waals surface area contributed by atoms with Gasteiger partial charge < -0.3 is 14.7 Å². The molecular formula is C126H101N3. The molecule has 0 unspecified atom stereocenters. The highest BCUT2D eigenvalue weighted by molar-refractivity contribution is 5.95.